The molecule has 152 valence electrons. The molecule has 0 bridgehead atoms. The van der Waals surface area contributed by atoms with Gasteiger partial charge in [0.25, 0.3) is 0 Å². The maximum atomic E-state index is 13.6. The quantitative estimate of drug-likeness (QED) is 0.825. The summed E-state index contributed by atoms with van der Waals surface area (Å²) in [4.78, 5) is 31.5. The summed E-state index contributed by atoms with van der Waals surface area (Å²) in [7, 11) is 2.13. The first-order valence-electron chi connectivity index (χ1n) is 9.88. The van der Waals surface area contributed by atoms with E-state index in [1.165, 1.54) is 28.8 Å². The van der Waals surface area contributed by atoms with Gasteiger partial charge in [-0.25, -0.2) is 4.39 Å². The van der Waals surface area contributed by atoms with Crippen LogP contribution < -0.4 is 4.90 Å². The summed E-state index contributed by atoms with van der Waals surface area (Å²) >= 11 is 1.48. The highest BCUT2D eigenvalue weighted by molar-refractivity contribution is 8.00. The molecule has 4 rings (SSSR count). The molecule has 2 fully saturated rings. The second kappa shape index (κ2) is 8.55. The van der Waals surface area contributed by atoms with E-state index in [9.17, 15) is 14.0 Å². The molecule has 1 N–H and O–H groups in total. The van der Waals surface area contributed by atoms with Crippen molar-refractivity contribution in [2.45, 2.75) is 11.4 Å². The van der Waals surface area contributed by atoms with Crippen molar-refractivity contribution in [2.75, 3.05) is 39.0 Å². The Morgan fingerprint density at radius 3 is 2.41 bits per heavy atom. The molecule has 0 saturated carbocycles. The van der Waals surface area contributed by atoms with Gasteiger partial charge in [-0.1, -0.05) is 42.5 Å². The number of carbonyl (C=O) groups excluding carboxylic acids is 2. The van der Waals surface area contributed by atoms with Crippen LogP contribution in [0.15, 0.2) is 54.6 Å². The number of quaternary nitrogens is 1. The first-order valence-corrected chi connectivity index (χ1v) is 10.9. The second-order valence-corrected chi connectivity index (χ2v) is 8.68. The van der Waals surface area contributed by atoms with E-state index in [1.54, 1.807) is 17.0 Å². The van der Waals surface area contributed by atoms with Crippen molar-refractivity contribution < 1.29 is 18.9 Å². The average molecular weight is 415 g/mol. The smallest absolute Gasteiger partial charge is 0.250 e. The number of rotatable bonds is 4. The molecular formula is C22H25FN3O2S+. The first-order chi connectivity index (χ1) is 14.0. The summed E-state index contributed by atoms with van der Waals surface area (Å²) in [6, 6.07) is 15.0. The Morgan fingerprint density at radius 2 is 1.76 bits per heavy atom. The maximum Gasteiger partial charge on any atom is 0.250 e. The van der Waals surface area contributed by atoms with Gasteiger partial charge in [0.05, 0.1) is 39.0 Å². The Labute approximate surface area is 174 Å². The van der Waals surface area contributed by atoms with Crippen molar-refractivity contribution in [1.29, 1.82) is 0 Å². The number of nitrogens with zero attached hydrogens (tertiary/aromatic N) is 2. The van der Waals surface area contributed by atoms with Crippen LogP contribution in [-0.4, -0.2) is 60.6 Å². The molecule has 7 heteroatoms. The van der Waals surface area contributed by atoms with Crippen molar-refractivity contribution in [1.82, 2.24) is 9.80 Å². The van der Waals surface area contributed by atoms with E-state index in [1.807, 2.05) is 35.2 Å². The van der Waals surface area contributed by atoms with E-state index in [2.05, 4.69) is 7.05 Å². The zero-order valence-corrected chi connectivity index (χ0v) is 17.2. The lowest BCUT2D eigenvalue weighted by atomic mass is 10.0. The number of nitrogens with one attached hydrogen (secondary N) is 1. The molecule has 2 aliphatic heterocycles. The van der Waals surface area contributed by atoms with E-state index in [-0.39, 0.29) is 23.0 Å². The minimum Gasteiger partial charge on any atom is -0.334 e. The number of hydrogen-bond donors (Lipinski definition) is 1. The molecule has 2 aromatic rings. The highest BCUT2D eigenvalue weighted by Gasteiger charge is 2.43. The van der Waals surface area contributed by atoms with Crippen molar-refractivity contribution in [3.8, 4) is 0 Å². The van der Waals surface area contributed by atoms with Crippen LogP contribution in [0.2, 0.25) is 0 Å². The normalized spacial score (nSPS) is 21.4. The number of thioether (sulfide) groups is 1. The lowest BCUT2D eigenvalue weighted by molar-refractivity contribution is -0.883. The predicted molar refractivity (Wildman–Crippen MR) is 111 cm³/mol. The van der Waals surface area contributed by atoms with Crippen LogP contribution in [0.5, 0.6) is 0 Å². The molecule has 2 aliphatic rings. The Bertz CT molecular complexity index is 869. The third kappa shape index (κ3) is 4.16. The van der Waals surface area contributed by atoms with Crippen LogP contribution in [0.3, 0.4) is 0 Å². The van der Waals surface area contributed by atoms with Crippen molar-refractivity contribution in [3.63, 3.8) is 0 Å². The number of benzene rings is 2. The molecule has 0 radical (unpaired) electrons. The maximum absolute atomic E-state index is 13.6. The van der Waals surface area contributed by atoms with Gasteiger partial charge < -0.3 is 14.7 Å². The van der Waals surface area contributed by atoms with E-state index >= 15 is 0 Å². The largest absolute Gasteiger partial charge is 0.334 e. The molecule has 2 saturated heterocycles. The summed E-state index contributed by atoms with van der Waals surface area (Å²) in [6.07, 6.45) is 0. The van der Waals surface area contributed by atoms with E-state index < -0.39 is 6.04 Å². The SMILES string of the molecule is C[NH+]1CCN(C(=O)[C@H](c2ccccc2)N2C(=O)CS[C@@H]2c2ccc(F)cc2)CC1. The van der Waals surface area contributed by atoms with Gasteiger partial charge in [-0.05, 0) is 23.3 Å². The fourth-order valence-electron chi connectivity index (χ4n) is 3.94. The molecule has 0 aliphatic carbocycles. The van der Waals surface area contributed by atoms with Gasteiger partial charge in [-0.3, -0.25) is 9.59 Å². The molecular weight excluding hydrogens is 389 g/mol. The summed E-state index contributed by atoms with van der Waals surface area (Å²) in [5, 5.41) is -0.310. The number of likely N-dealkylation sites (N-methyl/N-ethyl adjacent to an activating group) is 1. The van der Waals surface area contributed by atoms with Gasteiger partial charge in [0.2, 0.25) is 11.8 Å². The molecule has 0 unspecified atom stereocenters. The molecule has 2 amide bonds. The fraction of sp³-hybridized carbons (Fsp3) is 0.364. The molecule has 0 aromatic heterocycles. The highest BCUT2D eigenvalue weighted by Crippen LogP contribution is 2.44. The second-order valence-electron chi connectivity index (χ2n) is 7.61. The van der Waals surface area contributed by atoms with Crippen molar-refractivity contribution >= 4 is 23.6 Å². The fourth-order valence-corrected chi connectivity index (χ4v) is 5.14. The minimum absolute atomic E-state index is 0.0355. The van der Waals surface area contributed by atoms with Gasteiger partial charge in [-0.15, -0.1) is 11.8 Å². The molecule has 29 heavy (non-hydrogen) atoms. The molecule has 0 spiro atoms. The third-order valence-corrected chi connectivity index (χ3v) is 6.85. The topological polar surface area (TPSA) is 45.1 Å². The summed E-state index contributed by atoms with van der Waals surface area (Å²) < 4.78 is 13.4. The highest BCUT2D eigenvalue weighted by atomic mass is 32.2. The average Bonchev–Trinajstić information content (AvgIpc) is 3.11. The summed E-state index contributed by atoms with van der Waals surface area (Å²) in [5.74, 6) is -0.103. The monoisotopic (exact) mass is 414 g/mol. The van der Waals surface area contributed by atoms with Gasteiger partial charge in [0.1, 0.15) is 17.2 Å². The summed E-state index contributed by atoms with van der Waals surface area (Å²) in [5.41, 5.74) is 1.64. The molecule has 2 aromatic carbocycles. The number of halogens is 1. The van der Waals surface area contributed by atoms with Crippen LogP contribution in [0.1, 0.15) is 22.5 Å². The zero-order valence-electron chi connectivity index (χ0n) is 16.4. The number of carbonyl (C=O) groups is 2. The van der Waals surface area contributed by atoms with Crippen LogP contribution in [0.4, 0.5) is 4.39 Å². The first kappa shape index (κ1) is 19.9. The number of piperazine rings is 1. The molecule has 5 nitrogen and oxygen atoms in total. The Hall–Kier alpha value is -2.38. The Kier molecular flexibility index (Phi) is 5.87. The van der Waals surface area contributed by atoms with Crippen LogP contribution in [0.25, 0.3) is 0 Å². The summed E-state index contributed by atoms with van der Waals surface area (Å²) in [6.45, 7) is 3.17. The molecule has 2 heterocycles. The standard InChI is InChI=1S/C22H24FN3O2S/c1-24-11-13-25(14-12-24)21(28)20(16-5-3-2-4-6-16)26-19(27)15-29-22(26)17-7-9-18(23)10-8-17/h2-10,20,22H,11-15H2,1H3/p+1/t20-,22+/m0/s1. The lowest BCUT2D eigenvalue weighted by Gasteiger charge is -2.37. The van der Waals surface area contributed by atoms with Gasteiger partial charge in [0.15, 0.2) is 0 Å². The van der Waals surface area contributed by atoms with Crippen LogP contribution >= 0.6 is 11.8 Å². The third-order valence-electron chi connectivity index (χ3n) is 5.62. The van der Waals surface area contributed by atoms with Gasteiger partial charge in [0, 0.05) is 0 Å². The number of amides is 2. The Balaban J connectivity index is 1.70. The van der Waals surface area contributed by atoms with Gasteiger partial charge in [-0.2, -0.15) is 0 Å². The van der Waals surface area contributed by atoms with Gasteiger partial charge >= 0.3 is 0 Å². The zero-order chi connectivity index (χ0) is 20.4. The Morgan fingerprint density at radius 1 is 1.10 bits per heavy atom. The molecule has 2 atom stereocenters. The number of hydrogen-bond acceptors (Lipinski definition) is 3. The van der Waals surface area contributed by atoms with Crippen molar-refractivity contribution in [2.24, 2.45) is 0 Å². The van der Waals surface area contributed by atoms with Crippen LogP contribution in [-0.2, 0) is 9.59 Å². The minimum atomic E-state index is -0.674. The van der Waals surface area contributed by atoms with Crippen molar-refractivity contribution in [3.05, 3.63) is 71.5 Å². The van der Waals surface area contributed by atoms with E-state index in [4.69, 9.17) is 0 Å². The lowest BCUT2D eigenvalue weighted by Crippen LogP contribution is -3.12. The van der Waals surface area contributed by atoms with E-state index in [0.29, 0.717) is 18.8 Å². The predicted octanol–water partition coefficient (Wildman–Crippen LogP) is 1.50. The van der Waals surface area contributed by atoms with Crippen LogP contribution in [0, 0.1) is 5.82 Å². The van der Waals surface area contributed by atoms with E-state index in [0.717, 1.165) is 24.2 Å².